The average molecular weight is 407 g/mol. The highest BCUT2D eigenvalue weighted by molar-refractivity contribution is 7.99. The molecule has 27 heavy (non-hydrogen) atoms. The zero-order valence-corrected chi connectivity index (χ0v) is 16.7. The number of thioether (sulfide) groups is 1. The van der Waals surface area contributed by atoms with Crippen molar-refractivity contribution < 1.29 is 9.59 Å². The zero-order chi connectivity index (χ0) is 19.0. The maximum absolute atomic E-state index is 12.5. The summed E-state index contributed by atoms with van der Waals surface area (Å²) in [4.78, 5) is 45.8. The van der Waals surface area contributed by atoms with Crippen LogP contribution < -0.4 is 16.4 Å². The van der Waals surface area contributed by atoms with E-state index in [1.54, 1.807) is 18.3 Å². The van der Waals surface area contributed by atoms with E-state index in [1.165, 1.54) is 28.6 Å². The highest BCUT2D eigenvalue weighted by Crippen LogP contribution is 2.33. The molecule has 2 aliphatic rings. The number of rotatable bonds is 5. The fraction of sp³-hybridized carbons (Fsp3) is 0.556. The Kier molecular flexibility index (Phi) is 5.23. The molecular weight excluding hydrogens is 384 g/mol. The van der Waals surface area contributed by atoms with Crippen LogP contribution in [-0.2, 0) is 28.2 Å². The van der Waals surface area contributed by atoms with Crippen molar-refractivity contribution in [1.82, 2.24) is 20.8 Å². The first-order valence-electron chi connectivity index (χ1n) is 9.27. The molecule has 144 valence electrons. The molecule has 9 heteroatoms. The van der Waals surface area contributed by atoms with Crippen molar-refractivity contribution in [3.63, 3.8) is 0 Å². The van der Waals surface area contributed by atoms with E-state index >= 15 is 0 Å². The molecule has 0 radical (unpaired) electrons. The Balaban J connectivity index is 1.38. The predicted molar refractivity (Wildman–Crippen MR) is 107 cm³/mol. The number of thiophene rings is 1. The Labute approximate surface area is 164 Å². The largest absolute Gasteiger partial charge is 0.309 e. The molecule has 0 aromatic carbocycles. The number of amides is 2. The lowest BCUT2D eigenvalue weighted by Gasteiger charge is -2.12. The normalized spacial score (nSPS) is 17.4. The minimum atomic E-state index is -0.373. The molecule has 2 aromatic heterocycles. The smallest absolute Gasteiger partial charge is 0.259 e. The SMILES string of the molecule is C[C@@H](SCc1nc2sc3c(c2c(=O)[nH]1)CCCC3)C(=O)NNC(=O)C1CC1. The van der Waals surface area contributed by atoms with Crippen molar-refractivity contribution in [1.29, 1.82) is 0 Å². The summed E-state index contributed by atoms with van der Waals surface area (Å²) in [6, 6.07) is 0. The van der Waals surface area contributed by atoms with Crippen LogP contribution in [0.5, 0.6) is 0 Å². The summed E-state index contributed by atoms with van der Waals surface area (Å²) in [5, 5.41) is 0.374. The Morgan fingerprint density at radius 3 is 2.85 bits per heavy atom. The van der Waals surface area contributed by atoms with Gasteiger partial charge in [-0.2, -0.15) is 0 Å². The van der Waals surface area contributed by atoms with Gasteiger partial charge in [0, 0.05) is 10.8 Å². The van der Waals surface area contributed by atoms with Gasteiger partial charge in [0.1, 0.15) is 10.7 Å². The standard InChI is InChI=1S/C18H22N4O3S2/c1-9(15(23)21-22-16(24)10-6-7-10)26-8-13-19-17(25)14-11-4-2-3-5-12(11)27-18(14)20-13/h9-10H,2-8H2,1H3,(H,21,23)(H,22,24)(H,19,20,25)/t9-/m1/s1. The molecule has 0 unspecified atom stereocenters. The summed E-state index contributed by atoms with van der Waals surface area (Å²) in [5.74, 6) is 0.671. The van der Waals surface area contributed by atoms with Crippen LogP contribution in [0.1, 0.15) is 48.9 Å². The zero-order valence-electron chi connectivity index (χ0n) is 15.1. The van der Waals surface area contributed by atoms with Gasteiger partial charge in [0.2, 0.25) is 5.91 Å². The minimum Gasteiger partial charge on any atom is -0.309 e. The van der Waals surface area contributed by atoms with Crippen molar-refractivity contribution in [2.24, 2.45) is 5.92 Å². The summed E-state index contributed by atoms with van der Waals surface area (Å²) in [6.45, 7) is 1.77. The van der Waals surface area contributed by atoms with Crippen LogP contribution in [-0.4, -0.2) is 27.0 Å². The van der Waals surface area contributed by atoms with Crippen LogP contribution in [0, 0.1) is 5.92 Å². The molecule has 2 heterocycles. The van der Waals surface area contributed by atoms with Crippen molar-refractivity contribution in [3.8, 4) is 0 Å². The van der Waals surface area contributed by atoms with Gasteiger partial charge < -0.3 is 4.98 Å². The van der Waals surface area contributed by atoms with Gasteiger partial charge in [0.25, 0.3) is 11.5 Å². The quantitative estimate of drug-likeness (QED) is 0.659. The van der Waals surface area contributed by atoms with Crippen molar-refractivity contribution >= 4 is 45.1 Å². The monoisotopic (exact) mass is 406 g/mol. The molecule has 1 fully saturated rings. The van der Waals surface area contributed by atoms with E-state index in [9.17, 15) is 14.4 Å². The molecule has 4 rings (SSSR count). The second kappa shape index (κ2) is 7.63. The lowest BCUT2D eigenvalue weighted by Crippen LogP contribution is -2.45. The van der Waals surface area contributed by atoms with Gasteiger partial charge in [0.15, 0.2) is 0 Å². The van der Waals surface area contributed by atoms with Gasteiger partial charge >= 0.3 is 0 Å². The van der Waals surface area contributed by atoms with E-state index in [0.717, 1.165) is 42.3 Å². The van der Waals surface area contributed by atoms with E-state index in [-0.39, 0.29) is 28.5 Å². The Morgan fingerprint density at radius 1 is 1.30 bits per heavy atom. The number of aromatic nitrogens is 2. The fourth-order valence-corrected chi connectivity index (χ4v) is 5.26. The van der Waals surface area contributed by atoms with Gasteiger partial charge in [-0.3, -0.25) is 25.2 Å². The second-order valence-electron chi connectivity index (χ2n) is 7.11. The Hall–Kier alpha value is -1.87. The number of aromatic amines is 1. The van der Waals surface area contributed by atoms with Gasteiger partial charge in [-0.05, 0) is 51.0 Å². The molecule has 0 aliphatic heterocycles. The molecule has 0 spiro atoms. The predicted octanol–water partition coefficient (Wildman–Crippen LogP) is 2.04. The molecule has 1 saturated carbocycles. The van der Waals surface area contributed by atoms with Crippen LogP contribution in [0.4, 0.5) is 0 Å². The number of hydrazine groups is 1. The van der Waals surface area contributed by atoms with Gasteiger partial charge in [-0.1, -0.05) is 0 Å². The van der Waals surface area contributed by atoms with Crippen LogP contribution in [0.3, 0.4) is 0 Å². The lowest BCUT2D eigenvalue weighted by atomic mass is 9.97. The summed E-state index contributed by atoms with van der Waals surface area (Å²) in [7, 11) is 0. The summed E-state index contributed by atoms with van der Waals surface area (Å²) in [5.41, 5.74) is 6.02. The number of H-pyrrole nitrogens is 1. The van der Waals surface area contributed by atoms with Crippen molar-refractivity contribution in [3.05, 3.63) is 26.6 Å². The summed E-state index contributed by atoms with van der Waals surface area (Å²) >= 11 is 3.00. The molecule has 2 aromatic rings. The number of fused-ring (bicyclic) bond motifs is 3. The van der Waals surface area contributed by atoms with E-state index in [2.05, 4.69) is 20.8 Å². The molecule has 7 nitrogen and oxygen atoms in total. The fourth-order valence-electron chi connectivity index (χ4n) is 3.23. The molecule has 1 atom stereocenters. The molecule has 0 bridgehead atoms. The van der Waals surface area contributed by atoms with Gasteiger partial charge in [-0.25, -0.2) is 4.98 Å². The number of hydrogen-bond acceptors (Lipinski definition) is 6. The number of nitrogens with zero attached hydrogens (tertiary/aromatic N) is 1. The highest BCUT2D eigenvalue weighted by Gasteiger charge is 2.30. The summed E-state index contributed by atoms with van der Waals surface area (Å²) < 4.78 is 0. The van der Waals surface area contributed by atoms with Crippen LogP contribution in [0.25, 0.3) is 10.2 Å². The maximum Gasteiger partial charge on any atom is 0.259 e. The molecule has 2 amide bonds. The number of carbonyl (C=O) groups excluding carboxylic acids is 2. The first-order chi connectivity index (χ1) is 13.0. The first-order valence-corrected chi connectivity index (χ1v) is 11.1. The van der Waals surface area contributed by atoms with E-state index < -0.39 is 0 Å². The van der Waals surface area contributed by atoms with Gasteiger partial charge in [-0.15, -0.1) is 23.1 Å². The number of hydrogen-bond donors (Lipinski definition) is 3. The third-order valence-electron chi connectivity index (χ3n) is 4.97. The first kappa shape index (κ1) is 18.5. The second-order valence-corrected chi connectivity index (χ2v) is 9.52. The topological polar surface area (TPSA) is 104 Å². The maximum atomic E-state index is 12.5. The summed E-state index contributed by atoms with van der Waals surface area (Å²) in [6.07, 6.45) is 6.06. The van der Waals surface area contributed by atoms with Gasteiger partial charge in [0.05, 0.1) is 16.4 Å². The minimum absolute atomic E-state index is 0.0471. The lowest BCUT2D eigenvalue weighted by molar-refractivity contribution is -0.129. The number of nitrogens with one attached hydrogen (secondary N) is 3. The van der Waals surface area contributed by atoms with Crippen LogP contribution >= 0.6 is 23.1 Å². The Morgan fingerprint density at radius 2 is 2.07 bits per heavy atom. The third kappa shape index (κ3) is 4.03. The Bertz CT molecular complexity index is 948. The number of carbonyl (C=O) groups is 2. The van der Waals surface area contributed by atoms with Crippen LogP contribution in [0.2, 0.25) is 0 Å². The molecule has 3 N–H and O–H groups in total. The number of aryl methyl sites for hydroxylation is 2. The van der Waals surface area contributed by atoms with E-state index in [0.29, 0.717) is 11.6 Å². The van der Waals surface area contributed by atoms with E-state index in [4.69, 9.17) is 0 Å². The van der Waals surface area contributed by atoms with E-state index in [1.807, 2.05) is 0 Å². The third-order valence-corrected chi connectivity index (χ3v) is 7.31. The highest BCUT2D eigenvalue weighted by atomic mass is 32.2. The molecule has 2 aliphatic carbocycles. The van der Waals surface area contributed by atoms with Crippen molar-refractivity contribution in [2.45, 2.75) is 56.5 Å². The van der Waals surface area contributed by atoms with Crippen molar-refractivity contribution in [2.75, 3.05) is 0 Å². The molecule has 0 saturated heterocycles. The van der Waals surface area contributed by atoms with Crippen LogP contribution in [0.15, 0.2) is 4.79 Å². The average Bonchev–Trinajstić information content (AvgIpc) is 3.44. The molecular formula is C18H22N4O3S2.